The number of hydrogen-bond acceptors (Lipinski definition) is 5. The number of carbonyl (C=O) groups is 1. The second kappa shape index (κ2) is 7.67. The normalized spacial score (nSPS) is 12.0. The summed E-state index contributed by atoms with van der Waals surface area (Å²) in [6.07, 6.45) is 0. The summed E-state index contributed by atoms with van der Waals surface area (Å²) in [5, 5.41) is 10.5. The minimum atomic E-state index is -0.509. The fourth-order valence-corrected chi connectivity index (χ4v) is 2.87. The first kappa shape index (κ1) is 17.4. The Bertz CT molecular complexity index is 903. The van der Waals surface area contributed by atoms with Crippen molar-refractivity contribution in [3.05, 3.63) is 59.4 Å². The van der Waals surface area contributed by atoms with E-state index in [1.54, 1.807) is 49.4 Å². The highest BCUT2D eigenvalue weighted by atomic mass is 35.5. The number of rotatable bonds is 5. The third-order valence-corrected chi connectivity index (χ3v) is 4.55. The molecular formula is C17H13ClFN3O2S. The molecule has 0 spiro atoms. The second-order valence-electron chi connectivity index (χ2n) is 5.08. The van der Waals surface area contributed by atoms with Crippen LogP contribution >= 0.6 is 23.4 Å². The lowest BCUT2D eigenvalue weighted by molar-refractivity contribution is -0.115. The van der Waals surface area contributed by atoms with Gasteiger partial charge in [0.2, 0.25) is 5.91 Å². The van der Waals surface area contributed by atoms with E-state index < -0.39 is 11.1 Å². The molecule has 0 fully saturated rings. The number of nitrogens with zero attached hydrogens (tertiary/aromatic N) is 2. The van der Waals surface area contributed by atoms with E-state index in [4.69, 9.17) is 16.0 Å². The molecule has 0 saturated heterocycles. The Kier molecular flexibility index (Phi) is 5.35. The highest BCUT2D eigenvalue weighted by molar-refractivity contribution is 8.00. The van der Waals surface area contributed by atoms with Crippen molar-refractivity contribution in [2.75, 3.05) is 5.32 Å². The minimum Gasteiger partial charge on any atom is -0.411 e. The van der Waals surface area contributed by atoms with E-state index >= 15 is 0 Å². The van der Waals surface area contributed by atoms with Crippen LogP contribution in [0.25, 0.3) is 11.5 Å². The molecular weight excluding hydrogens is 365 g/mol. The Morgan fingerprint density at radius 1 is 1.20 bits per heavy atom. The fourth-order valence-electron chi connectivity index (χ4n) is 2.00. The largest absolute Gasteiger partial charge is 0.411 e. The van der Waals surface area contributed by atoms with Crippen molar-refractivity contribution in [2.45, 2.75) is 17.4 Å². The lowest BCUT2D eigenvalue weighted by Crippen LogP contribution is -2.22. The van der Waals surface area contributed by atoms with E-state index in [0.717, 1.165) is 11.8 Å². The van der Waals surface area contributed by atoms with Gasteiger partial charge in [-0.1, -0.05) is 47.6 Å². The third-order valence-electron chi connectivity index (χ3n) is 3.29. The average molecular weight is 378 g/mol. The average Bonchev–Trinajstić information content (AvgIpc) is 3.05. The second-order valence-corrected chi connectivity index (χ2v) is 6.78. The molecule has 0 aliphatic heterocycles. The topological polar surface area (TPSA) is 68.0 Å². The van der Waals surface area contributed by atoms with E-state index in [1.807, 2.05) is 0 Å². The standard InChI is InChI=1S/C17H13ClFN3O2S/c1-10(15(23)20-14-9-5-3-7-12(14)18)25-17-22-21-16(24-17)11-6-2-4-8-13(11)19/h2-10H,1H3,(H,20,23)/t10-/m0/s1. The minimum absolute atomic E-state index is 0.0688. The molecule has 0 radical (unpaired) electrons. The van der Waals surface area contributed by atoms with Gasteiger partial charge >= 0.3 is 0 Å². The first-order chi connectivity index (χ1) is 12.0. The zero-order chi connectivity index (χ0) is 17.8. The van der Waals surface area contributed by atoms with Crippen LogP contribution in [-0.2, 0) is 4.79 Å². The summed E-state index contributed by atoms with van der Waals surface area (Å²) < 4.78 is 19.2. The number of nitrogens with one attached hydrogen (secondary N) is 1. The van der Waals surface area contributed by atoms with Gasteiger partial charge in [-0.15, -0.1) is 10.2 Å². The molecule has 8 heteroatoms. The summed E-state index contributed by atoms with van der Waals surface area (Å²) in [4.78, 5) is 12.3. The number of halogens is 2. The van der Waals surface area contributed by atoms with Crippen molar-refractivity contribution in [3.8, 4) is 11.5 Å². The van der Waals surface area contributed by atoms with E-state index in [0.29, 0.717) is 10.7 Å². The van der Waals surface area contributed by atoms with Gasteiger partial charge in [-0.3, -0.25) is 4.79 Å². The number of benzene rings is 2. The number of amides is 1. The fraction of sp³-hybridized carbons (Fsp3) is 0.118. The molecule has 2 aromatic carbocycles. The molecule has 0 bridgehead atoms. The van der Waals surface area contributed by atoms with E-state index in [1.165, 1.54) is 6.07 Å². The number of para-hydroxylation sites is 1. The van der Waals surface area contributed by atoms with Crippen LogP contribution in [0.3, 0.4) is 0 Å². The summed E-state index contributed by atoms with van der Waals surface area (Å²) in [7, 11) is 0. The van der Waals surface area contributed by atoms with Gasteiger partial charge in [0.15, 0.2) is 0 Å². The Morgan fingerprint density at radius 2 is 1.92 bits per heavy atom. The first-order valence-corrected chi connectivity index (χ1v) is 8.61. The van der Waals surface area contributed by atoms with Gasteiger partial charge in [0.25, 0.3) is 11.1 Å². The lowest BCUT2D eigenvalue weighted by Gasteiger charge is -2.10. The van der Waals surface area contributed by atoms with Crippen LogP contribution in [0.5, 0.6) is 0 Å². The predicted molar refractivity (Wildman–Crippen MR) is 95.1 cm³/mol. The van der Waals surface area contributed by atoms with Gasteiger partial charge in [-0.2, -0.15) is 0 Å². The maximum atomic E-state index is 13.7. The van der Waals surface area contributed by atoms with Gasteiger partial charge in [0.05, 0.1) is 21.5 Å². The quantitative estimate of drug-likeness (QED) is 0.655. The molecule has 1 atom stereocenters. The molecule has 0 saturated carbocycles. The van der Waals surface area contributed by atoms with Crippen LogP contribution in [0.1, 0.15) is 6.92 Å². The Morgan fingerprint density at radius 3 is 2.68 bits per heavy atom. The summed E-state index contributed by atoms with van der Waals surface area (Å²) >= 11 is 7.10. The first-order valence-electron chi connectivity index (χ1n) is 7.35. The molecule has 1 aromatic heterocycles. The monoisotopic (exact) mass is 377 g/mol. The molecule has 25 heavy (non-hydrogen) atoms. The van der Waals surface area contributed by atoms with Crippen LogP contribution in [0, 0.1) is 5.82 Å². The molecule has 3 rings (SSSR count). The van der Waals surface area contributed by atoms with Crippen LogP contribution in [0.2, 0.25) is 5.02 Å². The van der Waals surface area contributed by atoms with Crippen LogP contribution in [0.15, 0.2) is 58.2 Å². The number of carbonyl (C=O) groups excluding carboxylic acids is 1. The number of anilines is 1. The van der Waals surface area contributed by atoms with E-state index in [-0.39, 0.29) is 22.6 Å². The maximum absolute atomic E-state index is 13.7. The molecule has 1 amide bonds. The molecule has 0 aliphatic rings. The molecule has 0 unspecified atom stereocenters. The molecule has 3 aromatic rings. The molecule has 0 aliphatic carbocycles. The van der Waals surface area contributed by atoms with Gasteiger partial charge in [-0.25, -0.2) is 4.39 Å². The zero-order valence-electron chi connectivity index (χ0n) is 13.1. The maximum Gasteiger partial charge on any atom is 0.277 e. The van der Waals surface area contributed by atoms with Gasteiger partial charge in [0, 0.05) is 0 Å². The van der Waals surface area contributed by atoms with Crippen molar-refractivity contribution >= 4 is 35.0 Å². The smallest absolute Gasteiger partial charge is 0.277 e. The summed E-state index contributed by atoms with van der Waals surface area (Å²) in [6, 6.07) is 13.1. The van der Waals surface area contributed by atoms with Crippen molar-refractivity contribution < 1.29 is 13.6 Å². The summed E-state index contributed by atoms with van der Waals surface area (Å²) in [5.74, 6) is -0.643. The highest BCUT2D eigenvalue weighted by Crippen LogP contribution is 2.28. The summed E-state index contributed by atoms with van der Waals surface area (Å²) in [6.45, 7) is 1.70. The Balaban J connectivity index is 1.67. The number of aromatic nitrogens is 2. The van der Waals surface area contributed by atoms with Gasteiger partial charge in [-0.05, 0) is 31.2 Å². The van der Waals surface area contributed by atoms with Crippen LogP contribution in [-0.4, -0.2) is 21.4 Å². The zero-order valence-corrected chi connectivity index (χ0v) is 14.6. The Hall–Kier alpha value is -2.38. The molecule has 5 nitrogen and oxygen atoms in total. The van der Waals surface area contributed by atoms with Crippen molar-refractivity contribution in [3.63, 3.8) is 0 Å². The third kappa shape index (κ3) is 4.18. The van der Waals surface area contributed by atoms with Gasteiger partial charge in [0.1, 0.15) is 5.82 Å². The highest BCUT2D eigenvalue weighted by Gasteiger charge is 2.20. The predicted octanol–water partition coefficient (Wildman–Crippen LogP) is 4.65. The van der Waals surface area contributed by atoms with Crippen molar-refractivity contribution in [1.82, 2.24) is 10.2 Å². The summed E-state index contributed by atoms with van der Waals surface area (Å²) in [5.41, 5.74) is 0.745. The molecule has 128 valence electrons. The van der Waals surface area contributed by atoms with Gasteiger partial charge < -0.3 is 9.73 Å². The van der Waals surface area contributed by atoms with E-state index in [9.17, 15) is 9.18 Å². The Labute approximate surface area is 152 Å². The SMILES string of the molecule is C[C@H](Sc1nnc(-c2ccccc2F)o1)C(=O)Nc1ccccc1Cl. The van der Waals surface area contributed by atoms with Crippen molar-refractivity contribution in [2.24, 2.45) is 0 Å². The number of thioether (sulfide) groups is 1. The lowest BCUT2D eigenvalue weighted by atomic mass is 10.2. The van der Waals surface area contributed by atoms with Crippen LogP contribution in [0.4, 0.5) is 10.1 Å². The van der Waals surface area contributed by atoms with E-state index in [2.05, 4.69) is 15.5 Å². The van der Waals surface area contributed by atoms with Crippen LogP contribution < -0.4 is 5.32 Å². The molecule has 1 heterocycles. The molecule has 1 N–H and O–H groups in total. The van der Waals surface area contributed by atoms with Crippen molar-refractivity contribution in [1.29, 1.82) is 0 Å². The number of hydrogen-bond donors (Lipinski definition) is 1.